The SMILES string of the molecule is COc1ccc(COc2c3c(c(N(C)S(C)(=O)=O)c4cc(Cc5ccc(F)cc5)cnc24)CN(Cc2cc(Cl)c(F)cc2F)C3=O)cc1. The average molecular weight is 696 g/mol. The second kappa shape index (κ2) is 13.0. The molecule has 5 aromatic rings. The van der Waals surface area contributed by atoms with E-state index in [9.17, 15) is 26.4 Å². The van der Waals surface area contributed by atoms with Crippen molar-refractivity contribution in [1.29, 1.82) is 0 Å². The van der Waals surface area contributed by atoms with E-state index < -0.39 is 27.6 Å². The number of aromatic nitrogens is 1. The summed E-state index contributed by atoms with van der Waals surface area (Å²) in [5, 5.41) is 0.0943. The first kappa shape index (κ1) is 33.1. The fourth-order valence-electron chi connectivity index (χ4n) is 5.70. The van der Waals surface area contributed by atoms with Crippen LogP contribution >= 0.6 is 11.6 Å². The molecule has 0 unspecified atom stereocenters. The molecule has 4 aromatic carbocycles. The van der Waals surface area contributed by atoms with Gasteiger partial charge in [0.2, 0.25) is 10.0 Å². The number of hydrogen-bond acceptors (Lipinski definition) is 6. The van der Waals surface area contributed by atoms with Gasteiger partial charge in [-0.1, -0.05) is 35.9 Å². The first-order chi connectivity index (χ1) is 22.8. The van der Waals surface area contributed by atoms with Gasteiger partial charge in [0.05, 0.1) is 29.6 Å². The van der Waals surface area contributed by atoms with Crippen molar-refractivity contribution in [3.8, 4) is 11.5 Å². The second-order valence-corrected chi connectivity index (χ2v) is 13.9. The summed E-state index contributed by atoms with van der Waals surface area (Å²) in [7, 11) is -0.942. The van der Waals surface area contributed by atoms with Gasteiger partial charge in [-0.15, -0.1) is 0 Å². The minimum atomic E-state index is -3.87. The van der Waals surface area contributed by atoms with Crippen LogP contribution in [0.3, 0.4) is 0 Å². The number of anilines is 1. The van der Waals surface area contributed by atoms with Crippen molar-refractivity contribution in [2.45, 2.75) is 26.1 Å². The van der Waals surface area contributed by atoms with Crippen LogP contribution in [0.5, 0.6) is 11.5 Å². The van der Waals surface area contributed by atoms with Crippen molar-refractivity contribution in [3.05, 3.63) is 129 Å². The molecule has 0 aliphatic carbocycles. The zero-order valence-corrected chi connectivity index (χ0v) is 27.6. The maximum atomic E-state index is 14.8. The number of amides is 1. The largest absolute Gasteiger partial charge is 0.497 e. The monoisotopic (exact) mass is 695 g/mol. The standard InChI is InChI=1S/C35H29ClF3N3O5S/c1-41(48(3,44)45)33-26-13-22(12-20-4-8-24(37)9-5-20)16-40-32(26)34(47-19-21-6-10-25(46-2)11-7-21)31-27(33)18-42(35(31)43)17-23-14-28(36)30(39)15-29(23)38/h4-11,13-16H,12,17-19H2,1-3H3. The van der Waals surface area contributed by atoms with Crippen molar-refractivity contribution >= 4 is 44.1 Å². The van der Waals surface area contributed by atoms with Crippen molar-refractivity contribution in [2.75, 3.05) is 24.7 Å². The Balaban J connectivity index is 1.52. The molecule has 8 nitrogen and oxygen atoms in total. The summed E-state index contributed by atoms with van der Waals surface area (Å²) in [5.41, 5.74) is 3.09. The molecule has 0 fully saturated rings. The third kappa shape index (κ3) is 6.50. The van der Waals surface area contributed by atoms with E-state index in [1.54, 1.807) is 55.8 Å². The van der Waals surface area contributed by atoms with E-state index in [0.29, 0.717) is 34.7 Å². The number of ether oxygens (including phenoxy) is 2. The number of carbonyl (C=O) groups is 1. The van der Waals surface area contributed by atoms with Crippen LogP contribution in [0, 0.1) is 17.5 Å². The number of fused-ring (bicyclic) bond motifs is 2. The third-order valence-electron chi connectivity index (χ3n) is 8.21. The highest BCUT2D eigenvalue weighted by Gasteiger charge is 2.38. The number of nitrogens with zero attached hydrogens (tertiary/aromatic N) is 3. The Morgan fingerprint density at radius 3 is 2.31 bits per heavy atom. The smallest absolute Gasteiger partial charge is 0.258 e. The number of benzene rings is 4. The lowest BCUT2D eigenvalue weighted by molar-refractivity contribution is 0.0762. The summed E-state index contributed by atoms with van der Waals surface area (Å²) in [5.74, 6) is -1.99. The molecule has 0 saturated carbocycles. The lowest BCUT2D eigenvalue weighted by Crippen LogP contribution is -2.27. The molecule has 1 aromatic heterocycles. The van der Waals surface area contributed by atoms with Crippen LogP contribution in [0.15, 0.2) is 72.9 Å². The van der Waals surface area contributed by atoms with Crippen molar-refractivity contribution in [1.82, 2.24) is 9.88 Å². The van der Waals surface area contributed by atoms with Gasteiger partial charge < -0.3 is 14.4 Å². The zero-order chi connectivity index (χ0) is 34.3. The maximum Gasteiger partial charge on any atom is 0.258 e. The molecule has 1 aliphatic rings. The normalized spacial score (nSPS) is 12.8. The number of rotatable bonds is 10. The molecule has 2 heterocycles. The van der Waals surface area contributed by atoms with Crippen LogP contribution < -0.4 is 13.8 Å². The lowest BCUT2D eigenvalue weighted by atomic mass is 9.98. The Hall–Kier alpha value is -4.81. The van der Waals surface area contributed by atoms with Gasteiger partial charge in [-0.25, -0.2) is 21.6 Å². The van der Waals surface area contributed by atoms with E-state index in [1.165, 1.54) is 24.1 Å². The minimum Gasteiger partial charge on any atom is -0.497 e. The molecule has 0 saturated heterocycles. The summed E-state index contributed by atoms with van der Waals surface area (Å²) in [6.45, 7) is -0.366. The summed E-state index contributed by atoms with van der Waals surface area (Å²) in [6, 6.07) is 16.7. The van der Waals surface area contributed by atoms with Crippen LogP contribution in [0.1, 0.15) is 38.2 Å². The molecule has 13 heteroatoms. The first-order valence-electron chi connectivity index (χ1n) is 14.7. The number of sulfonamides is 1. The second-order valence-electron chi connectivity index (χ2n) is 11.5. The van der Waals surface area contributed by atoms with Gasteiger partial charge in [-0.2, -0.15) is 0 Å². The van der Waals surface area contributed by atoms with Gasteiger partial charge in [-0.05, 0) is 59.5 Å². The number of pyridine rings is 1. The van der Waals surface area contributed by atoms with Gasteiger partial charge in [-0.3, -0.25) is 14.1 Å². The predicted molar refractivity (Wildman–Crippen MR) is 176 cm³/mol. The molecule has 1 aliphatic heterocycles. The van der Waals surface area contributed by atoms with E-state index in [4.69, 9.17) is 21.1 Å². The number of halogens is 4. The van der Waals surface area contributed by atoms with Gasteiger partial charge >= 0.3 is 0 Å². The molecular formula is C35H29ClF3N3O5S. The molecule has 1 amide bonds. The van der Waals surface area contributed by atoms with Crippen LogP contribution in [0.2, 0.25) is 5.02 Å². The quantitative estimate of drug-likeness (QED) is 0.146. The number of carbonyl (C=O) groups excluding carboxylic acids is 1. The van der Waals surface area contributed by atoms with E-state index in [2.05, 4.69) is 4.98 Å². The molecule has 48 heavy (non-hydrogen) atoms. The Morgan fingerprint density at radius 1 is 0.958 bits per heavy atom. The molecule has 248 valence electrons. The summed E-state index contributed by atoms with van der Waals surface area (Å²) in [4.78, 5) is 20.2. The summed E-state index contributed by atoms with van der Waals surface area (Å²) >= 11 is 5.94. The fraction of sp³-hybridized carbons (Fsp3) is 0.200. The third-order valence-corrected chi connectivity index (χ3v) is 9.67. The Kier molecular flexibility index (Phi) is 8.97. The Labute approximate surface area is 280 Å². The Bertz CT molecular complexity index is 2160. The molecule has 0 atom stereocenters. The van der Waals surface area contributed by atoms with Crippen LogP contribution in [0.4, 0.5) is 18.9 Å². The van der Waals surface area contributed by atoms with E-state index in [0.717, 1.165) is 27.8 Å². The maximum absolute atomic E-state index is 14.8. The zero-order valence-electron chi connectivity index (χ0n) is 26.1. The van der Waals surface area contributed by atoms with Crippen LogP contribution in [-0.4, -0.2) is 44.6 Å². The molecule has 0 spiro atoms. The van der Waals surface area contributed by atoms with Crippen molar-refractivity contribution in [2.24, 2.45) is 0 Å². The first-order valence-corrected chi connectivity index (χ1v) is 16.9. The molecular weight excluding hydrogens is 667 g/mol. The number of hydrogen-bond donors (Lipinski definition) is 0. The average Bonchev–Trinajstić information content (AvgIpc) is 3.37. The van der Waals surface area contributed by atoms with Crippen molar-refractivity contribution in [3.63, 3.8) is 0 Å². The van der Waals surface area contributed by atoms with Gasteiger partial charge in [0.15, 0.2) is 5.75 Å². The fourth-order valence-corrected chi connectivity index (χ4v) is 6.43. The van der Waals surface area contributed by atoms with E-state index in [-0.39, 0.29) is 58.6 Å². The van der Waals surface area contributed by atoms with E-state index in [1.807, 2.05) is 0 Å². The highest BCUT2D eigenvalue weighted by atomic mass is 35.5. The number of methoxy groups -OCH3 is 1. The predicted octanol–water partition coefficient (Wildman–Crippen LogP) is 7.04. The van der Waals surface area contributed by atoms with Crippen LogP contribution in [-0.2, 0) is 36.1 Å². The van der Waals surface area contributed by atoms with Crippen molar-refractivity contribution < 1.29 is 35.9 Å². The summed E-state index contributed by atoms with van der Waals surface area (Å²) in [6.07, 6.45) is 3.00. The summed E-state index contributed by atoms with van der Waals surface area (Å²) < 4.78 is 81.1. The highest BCUT2D eigenvalue weighted by Crippen LogP contribution is 2.46. The van der Waals surface area contributed by atoms with Gasteiger partial charge in [0, 0.05) is 48.9 Å². The Morgan fingerprint density at radius 2 is 1.65 bits per heavy atom. The highest BCUT2D eigenvalue weighted by molar-refractivity contribution is 7.92. The van der Waals surface area contributed by atoms with Gasteiger partial charge in [0.25, 0.3) is 5.91 Å². The molecule has 6 rings (SSSR count). The van der Waals surface area contributed by atoms with Crippen LogP contribution in [0.25, 0.3) is 10.9 Å². The van der Waals surface area contributed by atoms with E-state index >= 15 is 0 Å². The molecule has 0 bridgehead atoms. The lowest BCUT2D eigenvalue weighted by Gasteiger charge is -2.24. The van der Waals surface area contributed by atoms with Gasteiger partial charge in [0.1, 0.15) is 35.3 Å². The minimum absolute atomic E-state index is 0.0226. The molecule has 0 N–H and O–H groups in total. The molecule has 0 radical (unpaired) electrons. The topological polar surface area (TPSA) is 89.0 Å².